The van der Waals surface area contributed by atoms with E-state index in [1.165, 1.54) is 0 Å². The lowest BCUT2D eigenvalue weighted by Crippen LogP contribution is -2.37. The monoisotopic (exact) mass is 351 g/mol. The van der Waals surface area contributed by atoms with Crippen molar-refractivity contribution in [1.82, 2.24) is 14.9 Å². The first-order valence-corrected chi connectivity index (χ1v) is 7.51. The summed E-state index contributed by atoms with van der Waals surface area (Å²) in [5.41, 5.74) is 0. The number of aryl methyl sites for hydroxylation is 1. The number of hydrogen-bond donors (Lipinski definition) is 1. The third kappa shape index (κ3) is 4.60. The maximum absolute atomic E-state index is 12.0. The van der Waals surface area contributed by atoms with E-state index in [1.807, 2.05) is 42.1 Å². The van der Waals surface area contributed by atoms with E-state index in [4.69, 9.17) is 4.74 Å². The molecule has 1 aromatic carbocycles. The van der Waals surface area contributed by atoms with Crippen molar-refractivity contribution >= 4 is 21.8 Å². The summed E-state index contributed by atoms with van der Waals surface area (Å²) in [4.78, 5) is 16.2. The van der Waals surface area contributed by atoms with Crippen molar-refractivity contribution in [1.29, 1.82) is 0 Å². The molecule has 0 bridgehead atoms. The molecular formula is C15H18BrN3O2. The highest BCUT2D eigenvalue weighted by atomic mass is 79.9. The molecule has 1 N–H and O–H groups in total. The Kier molecular flexibility index (Phi) is 5.38. The summed E-state index contributed by atoms with van der Waals surface area (Å²) in [7, 11) is 1.93. The average molecular weight is 352 g/mol. The lowest BCUT2D eigenvalue weighted by atomic mass is 10.3. The summed E-state index contributed by atoms with van der Waals surface area (Å²) in [5, 5.41) is 2.85. The predicted octanol–water partition coefficient (Wildman–Crippen LogP) is 2.31. The first-order chi connectivity index (χ1) is 10.1. The Bertz CT molecular complexity index is 595. The van der Waals surface area contributed by atoms with Crippen molar-refractivity contribution in [2.24, 2.45) is 7.05 Å². The first-order valence-electron chi connectivity index (χ1n) is 6.72. The summed E-state index contributed by atoms with van der Waals surface area (Å²) < 4.78 is 8.50. The van der Waals surface area contributed by atoms with Gasteiger partial charge in [0, 0.05) is 36.9 Å². The quantitative estimate of drug-likeness (QED) is 0.868. The van der Waals surface area contributed by atoms with E-state index >= 15 is 0 Å². The number of halogens is 1. The molecule has 1 heterocycles. The molecule has 0 saturated carbocycles. The normalized spacial score (nSPS) is 12.0. The number of imidazole rings is 1. The molecule has 112 valence electrons. The minimum Gasteiger partial charge on any atom is -0.481 e. The van der Waals surface area contributed by atoms with E-state index in [0.717, 1.165) is 10.3 Å². The van der Waals surface area contributed by atoms with Gasteiger partial charge in [0.05, 0.1) is 0 Å². The van der Waals surface area contributed by atoms with Crippen molar-refractivity contribution in [3.8, 4) is 5.75 Å². The van der Waals surface area contributed by atoms with E-state index in [2.05, 4.69) is 26.2 Å². The molecule has 5 nitrogen and oxygen atoms in total. The van der Waals surface area contributed by atoms with Gasteiger partial charge >= 0.3 is 0 Å². The van der Waals surface area contributed by atoms with Crippen LogP contribution in [-0.2, 0) is 18.3 Å². The van der Waals surface area contributed by atoms with Gasteiger partial charge in [-0.25, -0.2) is 4.98 Å². The maximum Gasteiger partial charge on any atom is 0.260 e. The Balaban J connectivity index is 1.77. The molecule has 0 saturated heterocycles. The second kappa shape index (κ2) is 7.26. The van der Waals surface area contributed by atoms with Gasteiger partial charge in [-0.15, -0.1) is 0 Å². The molecule has 0 aliphatic heterocycles. The number of nitrogens with one attached hydrogen (secondary N) is 1. The van der Waals surface area contributed by atoms with Crippen LogP contribution < -0.4 is 10.1 Å². The van der Waals surface area contributed by atoms with Crippen molar-refractivity contribution < 1.29 is 9.53 Å². The summed E-state index contributed by atoms with van der Waals surface area (Å²) >= 11 is 3.36. The number of carbonyl (C=O) groups excluding carboxylic acids is 1. The van der Waals surface area contributed by atoms with E-state index in [0.29, 0.717) is 18.7 Å². The Hall–Kier alpha value is -1.82. The first kappa shape index (κ1) is 15.6. The fourth-order valence-corrected chi connectivity index (χ4v) is 2.11. The van der Waals surface area contributed by atoms with Crippen molar-refractivity contribution in [2.75, 3.05) is 6.54 Å². The highest BCUT2D eigenvalue weighted by Gasteiger charge is 2.14. The number of carbonyl (C=O) groups is 1. The largest absolute Gasteiger partial charge is 0.481 e. The molecule has 1 aromatic heterocycles. The Morgan fingerprint density at radius 3 is 2.76 bits per heavy atom. The van der Waals surface area contributed by atoms with Crippen LogP contribution in [0.3, 0.4) is 0 Å². The van der Waals surface area contributed by atoms with Crippen LogP contribution in [0.1, 0.15) is 12.7 Å². The van der Waals surface area contributed by atoms with Crippen LogP contribution in [0.2, 0.25) is 0 Å². The summed E-state index contributed by atoms with van der Waals surface area (Å²) in [6.07, 6.45) is 3.79. The molecule has 2 aromatic rings. The third-order valence-corrected chi connectivity index (χ3v) is 3.59. The molecule has 1 atom stereocenters. The van der Waals surface area contributed by atoms with Gasteiger partial charge in [0.1, 0.15) is 11.6 Å². The number of rotatable bonds is 6. The van der Waals surface area contributed by atoms with Crippen molar-refractivity contribution in [3.05, 3.63) is 47.0 Å². The number of ether oxygens (including phenoxy) is 1. The number of amides is 1. The minimum atomic E-state index is -0.535. The zero-order valence-electron chi connectivity index (χ0n) is 12.0. The Labute approximate surface area is 132 Å². The summed E-state index contributed by atoms with van der Waals surface area (Å²) in [6.45, 7) is 2.27. The van der Waals surface area contributed by atoms with Crippen LogP contribution >= 0.6 is 15.9 Å². The van der Waals surface area contributed by atoms with Crippen molar-refractivity contribution in [2.45, 2.75) is 19.4 Å². The zero-order chi connectivity index (χ0) is 15.2. The van der Waals surface area contributed by atoms with Crippen LogP contribution in [0.15, 0.2) is 41.1 Å². The number of benzene rings is 1. The molecule has 21 heavy (non-hydrogen) atoms. The molecule has 0 fully saturated rings. The zero-order valence-corrected chi connectivity index (χ0v) is 13.6. The second-order valence-corrected chi connectivity index (χ2v) is 5.63. The van der Waals surface area contributed by atoms with Crippen LogP contribution in [0, 0.1) is 0 Å². The lowest BCUT2D eigenvalue weighted by Gasteiger charge is -2.14. The van der Waals surface area contributed by atoms with Gasteiger partial charge in [-0.05, 0) is 31.2 Å². The highest BCUT2D eigenvalue weighted by molar-refractivity contribution is 9.10. The maximum atomic E-state index is 12.0. The van der Waals surface area contributed by atoms with Crippen LogP contribution in [0.25, 0.3) is 0 Å². The fraction of sp³-hybridized carbons (Fsp3) is 0.333. The number of nitrogens with zero attached hydrogens (tertiary/aromatic N) is 2. The summed E-state index contributed by atoms with van der Waals surface area (Å²) in [6, 6.07) is 7.39. The van der Waals surface area contributed by atoms with E-state index in [9.17, 15) is 4.79 Å². The molecule has 2 rings (SSSR count). The topological polar surface area (TPSA) is 56.1 Å². The smallest absolute Gasteiger partial charge is 0.260 e. The van der Waals surface area contributed by atoms with Gasteiger partial charge in [-0.2, -0.15) is 0 Å². The second-order valence-electron chi connectivity index (χ2n) is 4.71. The van der Waals surface area contributed by atoms with E-state index in [-0.39, 0.29) is 5.91 Å². The highest BCUT2D eigenvalue weighted by Crippen LogP contribution is 2.17. The van der Waals surface area contributed by atoms with Gasteiger partial charge in [-0.1, -0.05) is 15.9 Å². The van der Waals surface area contributed by atoms with Crippen LogP contribution in [-0.4, -0.2) is 28.1 Å². The molecule has 1 amide bonds. The summed E-state index contributed by atoms with van der Waals surface area (Å²) in [5.74, 6) is 1.48. The van der Waals surface area contributed by atoms with Crippen LogP contribution in [0.4, 0.5) is 0 Å². The SMILES string of the molecule is CC(Oc1ccc(Br)cc1)C(=O)NCCc1nccn1C. The molecule has 0 radical (unpaired) electrons. The molecule has 6 heteroatoms. The Morgan fingerprint density at radius 1 is 1.43 bits per heavy atom. The molecule has 1 unspecified atom stereocenters. The van der Waals surface area contributed by atoms with E-state index in [1.54, 1.807) is 13.1 Å². The predicted molar refractivity (Wildman–Crippen MR) is 84.2 cm³/mol. The third-order valence-electron chi connectivity index (χ3n) is 3.06. The average Bonchev–Trinajstić information content (AvgIpc) is 2.87. The van der Waals surface area contributed by atoms with Gasteiger partial charge in [0.2, 0.25) is 0 Å². The van der Waals surface area contributed by atoms with Gasteiger partial charge in [-0.3, -0.25) is 4.79 Å². The molecule has 0 aliphatic rings. The fourth-order valence-electron chi connectivity index (χ4n) is 1.85. The lowest BCUT2D eigenvalue weighted by molar-refractivity contribution is -0.127. The van der Waals surface area contributed by atoms with Gasteiger partial charge in [0.25, 0.3) is 5.91 Å². The number of hydrogen-bond acceptors (Lipinski definition) is 3. The standard InChI is InChI=1S/C15H18BrN3O2/c1-11(21-13-5-3-12(16)4-6-13)15(20)18-8-7-14-17-9-10-19(14)2/h3-6,9-11H,7-8H2,1-2H3,(H,18,20). The van der Waals surface area contributed by atoms with Gasteiger partial charge < -0.3 is 14.6 Å². The molecular weight excluding hydrogens is 334 g/mol. The molecule has 0 aliphatic carbocycles. The van der Waals surface area contributed by atoms with Crippen molar-refractivity contribution in [3.63, 3.8) is 0 Å². The van der Waals surface area contributed by atoms with Gasteiger partial charge in [0.15, 0.2) is 6.10 Å². The molecule has 0 spiro atoms. The minimum absolute atomic E-state index is 0.132. The van der Waals surface area contributed by atoms with E-state index < -0.39 is 6.10 Å². The van der Waals surface area contributed by atoms with Crippen LogP contribution in [0.5, 0.6) is 5.75 Å². The Morgan fingerprint density at radius 2 is 2.14 bits per heavy atom. The number of aromatic nitrogens is 2.